The zero-order chi connectivity index (χ0) is 13.0. The van der Waals surface area contributed by atoms with Crippen molar-refractivity contribution in [2.75, 3.05) is 5.32 Å². The zero-order valence-corrected chi connectivity index (χ0v) is 9.19. The summed E-state index contributed by atoms with van der Waals surface area (Å²) in [6.07, 6.45) is 3.98. The lowest BCUT2D eigenvalue weighted by atomic mass is 10.3. The maximum atomic E-state index is 13.2. The van der Waals surface area contributed by atoms with Crippen LogP contribution in [0.3, 0.4) is 0 Å². The Bertz CT molecular complexity index is 556. The second-order valence-electron chi connectivity index (χ2n) is 3.43. The van der Waals surface area contributed by atoms with Crippen LogP contribution in [0.25, 0.3) is 6.08 Å². The Labute approximate surface area is 102 Å². The van der Waals surface area contributed by atoms with Crippen molar-refractivity contribution in [1.29, 1.82) is 0 Å². The molecule has 0 unspecified atom stereocenters. The van der Waals surface area contributed by atoms with Gasteiger partial charge in [-0.1, -0.05) is 6.07 Å². The molecule has 3 nitrogen and oxygen atoms in total. The van der Waals surface area contributed by atoms with Crippen LogP contribution in [0.4, 0.5) is 14.5 Å². The highest BCUT2D eigenvalue weighted by atomic mass is 19.1. The predicted molar refractivity (Wildman–Crippen MR) is 62.7 cm³/mol. The van der Waals surface area contributed by atoms with E-state index in [0.717, 1.165) is 18.2 Å². The molecule has 0 radical (unpaired) electrons. The quantitative estimate of drug-likeness (QED) is 0.849. The molecule has 1 aromatic heterocycles. The van der Waals surface area contributed by atoms with E-state index in [0.29, 0.717) is 5.76 Å². The summed E-state index contributed by atoms with van der Waals surface area (Å²) in [6.45, 7) is 0. The second kappa shape index (κ2) is 5.27. The molecule has 0 aliphatic carbocycles. The summed E-state index contributed by atoms with van der Waals surface area (Å²) in [7, 11) is 0. The molecule has 0 bridgehead atoms. The largest absolute Gasteiger partial charge is 0.465 e. The van der Waals surface area contributed by atoms with Crippen molar-refractivity contribution >= 4 is 17.7 Å². The first kappa shape index (κ1) is 12.0. The fourth-order valence-electron chi connectivity index (χ4n) is 1.33. The lowest BCUT2D eigenvalue weighted by molar-refractivity contribution is -0.111. The fraction of sp³-hybridized carbons (Fsp3) is 0. The normalized spacial score (nSPS) is 10.8. The molecule has 0 atom stereocenters. The van der Waals surface area contributed by atoms with Gasteiger partial charge in [0, 0.05) is 6.08 Å². The Kier molecular flexibility index (Phi) is 3.52. The summed E-state index contributed by atoms with van der Waals surface area (Å²) in [5.41, 5.74) is -0.466. The van der Waals surface area contributed by atoms with Gasteiger partial charge in [0.15, 0.2) is 0 Å². The first-order chi connectivity index (χ1) is 8.66. The SMILES string of the molecule is O=C(/C=C/c1ccco1)Nc1c(F)cccc1F. The maximum Gasteiger partial charge on any atom is 0.248 e. The number of carbonyl (C=O) groups excluding carboxylic acids is 1. The Morgan fingerprint density at radius 2 is 1.89 bits per heavy atom. The molecule has 2 rings (SSSR count). The lowest BCUT2D eigenvalue weighted by Crippen LogP contribution is -2.10. The topological polar surface area (TPSA) is 42.2 Å². The summed E-state index contributed by atoms with van der Waals surface area (Å²) < 4.78 is 31.4. The number of benzene rings is 1. The number of carbonyl (C=O) groups is 1. The molecule has 1 aromatic carbocycles. The first-order valence-electron chi connectivity index (χ1n) is 5.13. The highest BCUT2D eigenvalue weighted by Crippen LogP contribution is 2.17. The van der Waals surface area contributed by atoms with E-state index in [9.17, 15) is 13.6 Å². The summed E-state index contributed by atoms with van der Waals surface area (Å²) >= 11 is 0. The third-order valence-corrected chi connectivity index (χ3v) is 2.15. The van der Waals surface area contributed by atoms with Crippen LogP contribution >= 0.6 is 0 Å². The van der Waals surface area contributed by atoms with E-state index in [2.05, 4.69) is 5.32 Å². The van der Waals surface area contributed by atoms with Crippen LogP contribution in [-0.4, -0.2) is 5.91 Å². The van der Waals surface area contributed by atoms with Crippen molar-refractivity contribution < 1.29 is 18.0 Å². The number of hydrogen-bond donors (Lipinski definition) is 1. The van der Waals surface area contributed by atoms with Gasteiger partial charge in [0.25, 0.3) is 0 Å². The zero-order valence-electron chi connectivity index (χ0n) is 9.19. The van der Waals surface area contributed by atoms with E-state index in [1.165, 1.54) is 18.4 Å². The van der Waals surface area contributed by atoms with Gasteiger partial charge in [-0.25, -0.2) is 8.78 Å². The van der Waals surface area contributed by atoms with Crippen molar-refractivity contribution in [3.63, 3.8) is 0 Å². The molecule has 0 saturated carbocycles. The molecule has 0 spiro atoms. The molecule has 92 valence electrons. The molecule has 0 saturated heterocycles. The minimum absolute atomic E-state index is 0.466. The lowest BCUT2D eigenvalue weighted by Gasteiger charge is -2.04. The number of furan rings is 1. The van der Waals surface area contributed by atoms with Gasteiger partial charge in [-0.05, 0) is 30.3 Å². The highest BCUT2D eigenvalue weighted by molar-refractivity contribution is 6.01. The molecular weight excluding hydrogens is 240 g/mol. The first-order valence-corrected chi connectivity index (χ1v) is 5.13. The number of nitrogens with one attached hydrogen (secondary N) is 1. The van der Waals surface area contributed by atoms with E-state index in [4.69, 9.17) is 4.42 Å². The molecule has 1 heterocycles. The van der Waals surface area contributed by atoms with Crippen molar-refractivity contribution in [3.8, 4) is 0 Å². The summed E-state index contributed by atoms with van der Waals surface area (Å²) in [4.78, 5) is 11.4. The van der Waals surface area contributed by atoms with Gasteiger partial charge in [-0.3, -0.25) is 4.79 Å². The monoisotopic (exact) mass is 249 g/mol. The summed E-state index contributed by atoms with van der Waals surface area (Å²) in [6, 6.07) is 6.66. The average Bonchev–Trinajstić information content (AvgIpc) is 2.84. The number of para-hydroxylation sites is 1. The molecule has 0 fully saturated rings. The highest BCUT2D eigenvalue weighted by Gasteiger charge is 2.09. The molecule has 1 amide bonds. The summed E-state index contributed by atoms with van der Waals surface area (Å²) in [5, 5.41) is 2.12. The molecule has 0 aliphatic heterocycles. The van der Waals surface area contributed by atoms with Crippen LogP contribution in [0.5, 0.6) is 0 Å². The van der Waals surface area contributed by atoms with Crippen LogP contribution < -0.4 is 5.32 Å². The van der Waals surface area contributed by atoms with Gasteiger partial charge in [0.1, 0.15) is 23.1 Å². The van der Waals surface area contributed by atoms with Crippen molar-refractivity contribution in [2.45, 2.75) is 0 Å². The Balaban J connectivity index is 2.08. The number of amides is 1. The molecule has 2 aromatic rings. The second-order valence-corrected chi connectivity index (χ2v) is 3.43. The number of hydrogen-bond acceptors (Lipinski definition) is 2. The van der Waals surface area contributed by atoms with Gasteiger partial charge < -0.3 is 9.73 Å². The number of anilines is 1. The van der Waals surface area contributed by atoms with E-state index < -0.39 is 23.2 Å². The van der Waals surface area contributed by atoms with Gasteiger partial charge in [-0.15, -0.1) is 0 Å². The van der Waals surface area contributed by atoms with Crippen LogP contribution in [0.2, 0.25) is 0 Å². The van der Waals surface area contributed by atoms with Crippen molar-refractivity contribution in [2.24, 2.45) is 0 Å². The predicted octanol–water partition coefficient (Wildman–Crippen LogP) is 3.21. The molecular formula is C13H9F2NO2. The van der Waals surface area contributed by atoms with E-state index >= 15 is 0 Å². The third kappa shape index (κ3) is 2.82. The van der Waals surface area contributed by atoms with Gasteiger partial charge in [0.2, 0.25) is 5.91 Å². The smallest absolute Gasteiger partial charge is 0.248 e. The minimum atomic E-state index is -0.824. The average molecular weight is 249 g/mol. The molecule has 1 N–H and O–H groups in total. The van der Waals surface area contributed by atoms with Crippen LogP contribution in [0, 0.1) is 11.6 Å². The number of halogens is 2. The van der Waals surface area contributed by atoms with Crippen molar-refractivity contribution in [1.82, 2.24) is 0 Å². The standard InChI is InChI=1S/C13H9F2NO2/c14-10-4-1-5-11(15)13(10)16-12(17)7-6-9-3-2-8-18-9/h1-8H,(H,16,17)/b7-6+. The molecule has 18 heavy (non-hydrogen) atoms. The summed E-state index contributed by atoms with van der Waals surface area (Å²) in [5.74, 6) is -1.82. The van der Waals surface area contributed by atoms with Crippen LogP contribution in [0.1, 0.15) is 5.76 Å². The minimum Gasteiger partial charge on any atom is -0.465 e. The van der Waals surface area contributed by atoms with Crippen LogP contribution in [0.15, 0.2) is 47.1 Å². The van der Waals surface area contributed by atoms with E-state index in [1.807, 2.05) is 0 Å². The van der Waals surface area contributed by atoms with E-state index in [-0.39, 0.29) is 0 Å². The maximum absolute atomic E-state index is 13.2. The molecule has 0 aliphatic rings. The fourth-order valence-corrected chi connectivity index (χ4v) is 1.33. The Morgan fingerprint density at radius 1 is 1.17 bits per heavy atom. The van der Waals surface area contributed by atoms with Gasteiger partial charge >= 0.3 is 0 Å². The van der Waals surface area contributed by atoms with E-state index in [1.54, 1.807) is 12.1 Å². The van der Waals surface area contributed by atoms with Crippen LogP contribution in [-0.2, 0) is 4.79 Å². The number of rotatable bonds is 3. The molecule has 5 heteroatoms. The third-order valence-electron chi connectivity index (χ3n) is 2.15. The Hall–Kier alpha value is -2.43. The Morgan fingerprint density at radius 3 is 2.50 bits per heavy atom. The van der Waals surface area contributed by atoms with Crippen molar-refractivity contribution in [3.05, 3.63) is 60.1 Å². The van der Waals surface area contributed by atoms with Gasteiger partial charge in [-0.2, -0.15) is 0 Å². The van der Waals surface area contributed by atoms with Gasteiger partial charge in [0.05, 0.1) is 6.26 Å².